The van der Waals surface area contributed by atoms with Gasteiger partial charge in [-0.2, -0.15) is 0 Å². The maximum atomic E-state index is 0. The summed E-state index contributed by atoms with van der Waals surface area (Å²) < 4.78 is 0. The van der Waals surface area contributed by atoms with Crippen LogP contribution in [0.15, 0.2) is 0 Å². The summed E-state index contributed by atoms with van der Waals surface area (Å²) in [5.74, 6) is 0. The maximum absolute atomic E-state index is 0. The van der Waals surface area contributed by atoms with Crippen molar-refractivity contribution in [2.24, 2.45) is 0 Å². The fraction of sp³-hybridized carbons (Fsp3) is 0. The third-order valence-corrected chi connectivity index (χ3v) is 0. The van der Waals surface area contributed by atoms with Crippen LogP contribution in [0.2, 0.25) is 0 Å². The van der Waals surface area contributed by atoms with Crippen LogP contribution in [-0.4, -0.2) is 94.9 Å². The zero-order valence-corrected chi connectivity index (χ0v) is 12.0. The molecule has 14 N–H and O–H groups in total. The molecule has 0 unspecified atom stereocenters. The van der Waals surface area contributed by atoms with Crippen molar-refractivity contribution in [3.63, 3.8) is 0 Å². The van der Waals surface area contributed by atoms with E-state index < -0.39 is 0 Å². The zero-order chi connectivity index (χ0) is 0. The normalized spacial score (nSPS) is 0. The standard InChI is InChI=1S/2Co.3Li.2Mn.2Ni.7H2O.3H/h;;;;;;;;;7*1H2;;;. The van der Waals surface area contributed by atoms with Gasteiger partial charge in [0, 0.05) is 101 Å². The molecule has 7 nitrogen and oxygen atoms in total. The summed E-state index contributed by atoms with van der Waals surface area (Å²) in [4.78, 5) is 0. The number of rotatable bonds is 0. The molecular weight excluding hydrogens is 478 g/mol. The Morgan fingerprint density at radius 1 is 0.312 bits per heavy atom. The van der Waals surface area contributed by atoms with Gasteiger partial charge in [-0.25, -0.2) is 0 Å². The van der Waals surface area contributed by atoms with E-state index in [1.165, 1.54) is 0 Å². The van der Waals surface area contributed by atoms with Crippen molar-refractivity contribution in [3.05, 3.63) is 0 Å². The van der Waals surface area contributed by atoms with Crippen LogP contribution >= 0.6 is 0 Å². The van der Waals surface area contributed by atoms with Gasteiger partial charge in [-0.05, 0) is 0 Å². The molecule has 16 heavy (non-hydrogen) atoms. The average molecular weight is 495 g/mol. The first kappa shape index (κ1) is 379. The Morgan fingerprint density at radius 3 is 0.312 bits per heavy atom. The zero-order valence-electron chi connectivity index (χ0n) is 5.56. The van der Waals surface area contributed by atoms with Crippen molar-refractivity contribution in [3.8, 4) is 0 Å². The molecule has 0 aromatic carbocycles. The molecule has 0 aromatic heterocycles. The Morgan fingerprint density at radius 2 is 0.312 bits per heavy atom. The quantitative estimate of drug-likeness (QED) is 0.286. The summed E-state index contributed by atoms with van der Waals surface area (Å²) in [5.41, 5.74) is 0. The van der Waals surface area contributed by atoms with E-state index in [2.05, 4.69) is 0 Å². The Hall–Kier alpha value is 4.55. The molecule has 0 saturated heterocycles. The molecule has 0 heterocycles. The minimum Gasteiger partial charge on any atom is 0 e. The molecule has 0 aliphatic carbocycles. The Balaban J connectivity index is 0. The van der Waals surface area contributed by atoms with Gasteiger partial charge in [0.15, 0.2) is 0 Å². The summed E-state index contributed by atoms with van der Waals surface area (Å²) in [7, 11) is 0. The van der Waals surface area contributed by atoms with Gasteiger partial charge < -0.3 is 38.3 Å². The first-order chi connectivity index (χ1) is 0. The van der Waals surface area contributed by atoms with E-state index in [0.29, 0.717) is 0 Å². The molecule has 16 heteroatoms. The van der Waals surface area contributed by atoms with Crippen molar-refractivity contribution in [1.82, 2.24) is 0 Å². The van der Waals surface area contributed by atoms with Gasteiger partial charge in [-0.15, -0.1) is 0 Å². The van der Waals surface area contributed by atoms with Crippen molar-refractivity contribution in [2.45, 2.75) is 0 Å². The summed E-state index contributed by atoms with van der Waals surface area (Å²) in [6.45, 7) is 0. The van der Waals surface area contributed by atoms with Crippen LogP contribution in [0.1, 0.15) is 0 Å². The SMILES string of the molecule is O.O.O.O.O.O.O.[Co].[Co].[LiH].[LiH].[LiH].[Mn].[Mn].[Ni].[Ni]. The molecule has 0 fully saturated rings. The molecule has 4 radical (unpaired) electrons. The Labute approximate surface area is 193 Å². The minimum atomic E-state index is 0. The van der Waals surface area contributed by atoms with Crippen molar-refractivity contribution >= 4 is 56.6 Å². The first-order valence-corrected chi connectivity index (χ1v) is 0. The van der Waals surface area contributed by atoms with E-state index in [0.717, 1.165) is 0 Å². The minimum absolute atomic E-state index is 0. The molecule has 0 amide bonds. The molecule has 0 aromatic rings. The molecule has 0 aliphatic heterocycles. The monoisotopic (exact) mass is 494 g/mol. The third-order valence-electron chi connectivity index (χ3n) is 0. The van der Waals surface area contributed by atoms with Crippen LogP contribution in [0.4, 0.5) is 0 Å². The predicted molar refractivity (Wildman–Crippen MR) is 46.7 cm³/mol. The molecule has 0 bridgehead atoms. The largest absolute Gasteiger partial charge is 0 e. The van der Waals surface area contributed by atoms with E-state index in [1.54, 1.807) is 0 Å². The van der Waals surface area contributed by atoms with Gasteiger partial charge in [0.25, 0.3) is 0 Å². The van der Waals surface area contributed by atoms with Gasteiger partial charge in [-0.3, -0.25) is 0 Å². The topological polar surface area (TPSA) is 220 Å². The van der Waals surface area contributed by atoms with Crippen LogP contribution < -0.4 is 0 Å². The van der Waals surface area contributed by atoms with E-state index in [1.807, 2.05) is 0 Å². The summed E-state index contributed by atoms with van der Waals surface area (Å²) in [6, 6.07) is 0. The smallest absolute Gasteiger partial charge is 0 e. The van der Waals surface area contributed by atoms with Crippen LogP contribution in [0.5, 0.6) is 0 Å². The summed E-state index contributed by atoms with van der Waals surface area (Å²) in [6.07, 6.45) is 0. The van der Waals surface area contributed by atoms with Gasteiger partial charge in [0.2, 0.25) is 0 Å². The molecule has 0 aliphatic rings. The fourth-order valence-corrected chi connectivity index (χ4v) is 0. The van der Waals surface area contributed by atoms with Gasteiger partial charge in [0.1, 0.15) is 0 Å². The number of hydrogen-bond donors (Lipinski definition) is 0. The Kier molecular flexibility index (Phi) is 7700. The molecule has 0 saturated carbocycles. The predicted octanol–water partition coefficient (Wildman–Crippen LogP) is -7.73. The van der Waals surface area contributed by atoms with E-state index in [-0.39, 0.29) is 196 Å². The molecule has 0 atom stereocenters. The third kappa shape index (κ3) is 276. The van der Waals surface area contributed by atoms with Crippen LogP contribution in [0, 0.1) is 0 Å². The van der Waals surface area contributed by atoms with Crippen molar-refractivity contribution < 1.29 is 139 Å². The number of hydrogen-bond acceptors (Lipinski definition) is 0. The first-order valence-electron chi connectivity index (χ1n) is 0. The van der Waals surface area contributed by atoms with Crippen LogP contribution in [0.3, 0.4) is 0 Å². The average Bonchev–Trinajstić information content (AvgIpc) is 0. The summed E-state index contributed by atoms with van der Waals surface area (Å²) in [5, 5.41) is 0. The van der Waals surface area contributed by atoms with Gasteiger partial charge in [0.05, 0.1) is 0 Å². The van der Waals surface area contributed by atoms with Crippen molar-refractivity contribution in [1.29, 1.82) is 0 Å². The molecule has 0 rings (SSSR count). The second-order valence-corrected chi connectivity index (χ2v) is 0. The maximum Gasteiger partial charge on any atom is 0 e. The van der Waals surface area contributed by atoms with E-state index in [4.69, 9.17) is 0 Å². The molecular formula is H17Co2Li3Mn2Ni2O7. The molecule has 114 valence electrons. The Bertz CT molecular complexity index is 33.6. The molecule has 0 spiro atoms. The van der Waals surface area contributed by atoms with Crippen LogP contribution in [0.25, 0.3) is 0 Å². The second-order valence-electron chi connectivity index (χ2n) is 0. The van der Waals surface area contributed by atoms with Crippen LogP contribution in [-0.2, 0) is 101 Å². The van der Waals surface area contributed by atoms with Gasteiger partial charge in [-0.1, -0.05) is 0 Å². The van der Waals surface area contributed by atoms with E-state index >= 15 is 0 Å². The van der Waals surface area contributed by atoms with E-state index in [9.17, 15) is 0 Å². The van der Waals surface area contributed by atoms with Gasteiger partial charge >= 0.3 is 56.6 Å². The fourth-order valence-electron chi connectivity index (χ4n) is 0. The second kappa shape index (κ2) is 325. The van der Waals surface area contributed by atoms with Crippen molar-refractivity contribution in [2.75, 3.05) is 0 Å². The summed E-state index contributed by atoms with van der Waals surface area (Å²) >= 11 is 0.